The minimum absolute atomic E-state index is 0.113. The molecule has 0 aliphatic carbocycles. The van der Waals surface area contributed by atoms with Crippen molar-refractivity contribution in [3.8, 4) is 5.69 Å². The molecule has 6 heteroatoms. The summed E-state index contributed by atoms with van der Waals surface area (Å²) in [5.41, 5.74) is 1.30. The van der Waals surface area contributed by atoms with Gasteiger partial charge in [-0.1, -0.05) is 24.6 Å². The van der Waals surface area contributed by atoms with E-state index in [-0.39, 0.29) is 12.5 Å². The summed E-state index contributed by atoms with van der Waals surface area (Å²) in [7, 11) is 0. The maximum atomic E-state index is 11.8. The minimum atomic E-state index is -0.113. The highest BCUT2D eigenvalue weighted by Gasteiger charge is 2.11. The van der Waals surface area contributed by atoms with Crippen LogP contribution >= 0.6 is 11.6 Å². The zero-order valence-electron chi connectivity index (χ0n) is 10.6. The summed E-state index contributed by atoms with van der Waals surface area (Å²) in [6.07, 6.45) is 3.44. The van der Waals surface area contributed by atoms with Crippen molar-refractivity contribution < 1.29 is 4.79 Å². The highest BCUT2D eigenvalue weighted by Crippen LogP contribution is 2.27. The molecule has 0 aliphatic heterocycles. The molecule has 0 radical (unpaired) electrons. The Bertz CT molecular complexity index is 554. The van der Waals surface area contributed by atoms with E-state index in [1.165, 1.54) is 0 Å². The Labute approximate surface area is 116 Å². The zero-order chi connectivity index (χ0) is 13.7. The van der Waals surface area contributed by atoms with E-state index in [0.29, 0.717) is 16.4 Å². The first kappa shape index (κ1) is 13.6. The number of rotatable bonds is 5. The highest BCUT2D eigenvalue weighted by atomic mass is 35.5. The van der Waals surface area contributed by atoms with E-state index < -0.39 is 0 Å². The molecule has 1 heterocycles. The maximum absolute atomic E-state index is 11.8. The second kappa shape index (κ2) is 6.36. The summed E-state index contributed by atoms with van der Waals surface area (Å²) in [5.74, 6) is -0.113. The smallest absolute Gasteiger partial charge is 0.238 e. The number of nitrogens with one attached hydrogen (secondary N) is 2. The minimum Gasteiger partial charge on any atom is -0.323 e. The SMILES string of the molecule is CCNCC(=O)Nc1cccc(Cl)c1-n1cccn1. The van der Waals surface area contributed by atoms with E-state index in [9.17, 15) is 4.79 Å². The van der Waals surface area contributed by atoms with Gasteiger partial charge in [-0.2, -0.15) is 5.10 Å². The predicted molar refractivity (Wildman–Crippen MR) is 75.7 cm³/mol. The first-order valence-electron chi connectivity index (χ1n) is 6.01. The van der Waals surface area contributed by atoms with Gasteiger partial charge in [0, 0.05) is 12.4 Å². The molecular formula is C13H15ClN4O. The van der Waals surface area contributed by atoms with Crippen molar-refractivity contribution in [3.05, 3.63) is 41.7 Å². The van der Waals surface area contributed by atoms with Gasteiger partial charge in [0.2, 0.25) is 5.91 Å². The van der Waals surface area contributed by atoms with Crippen LogP contribution in [0.1, 0.15) is 6.92 Å². The molecule has 0 unspecified atom stereocenters. The van der Waals surface area contributed by atoms with Crippen LogP contribution in [0.4, 0.5) is 5.69 Å². The highest BCUT2D eigenvalue weighted by molar-refractivity contribution is 6.33. The quantitative estimate of drug-likeness (QED) is 0.880. The molecule has 2 N–H and O–H groups in total. The zero-order valence-corrected chi connectivity index (χ0v) is 11.3. The molecule has 0 spiro atoms. The number of nitrogens with zero attached hydrogens (tertiary/aromatic N) is 2. The van der Waals surface area contributed by atoms with Gasteiger partial charge in [-0.15, -0.1) is 0 Å². The molecule has 100 valence electrons. The van der Waals surface area contributed by atoms with Crippen LogP contribution in [0, 0.1) is 0 Å². The number of carbonyl (C=O) groups is 1. The summed E-state index contributed by atoms with van der Waals surface area (Å²) < 4.78 is 1.63. The van der Waals surface area contributed by atoms with E-state index in [1.54, 1.807) is 41.3 Å². The van der Waals surface area contributed by atoms with Crippen LogP contribution in [0.15, 0.2) is 36.7 Å². The van der Waals surface area contributed by atoms with Crippen LogP contribution in [0.25, 0.3) is 5.69 Å². The Morgan fingerprint density at radius 2 is 2.26 bits per heavy atom. The lowest BCUT2D eigenvalue weighted by atomic mass is 10.2. The van der Waals surface area contributed by atoms with Crippen LogP contribution in [-0.2, 0) is 4.79 Å². The van der Waals surface area contributed by atoms with Gasteiger partial charge >= 0.3 is 0 Å². The lowest BCUT2D eigenvalue weighted by Crippen LogP contribution is -2.28. The molecule has 2 aromatic rings. The third-order valence-corrected chi connectivity index (χ3v) is 2.83. The lowest BCUT2D eigenvalue weighted by Gasteiger charge is -2.12. The number of halogens is 1. The molecule has 2 rings (SSSR count). The molecule has 0 bridgehead atoms. The number of hydrogen-bond acceptors (Lipinski definition) is 3. The number of anilines is 1. The van der Waals surface area contributed by atoms with E-state index in [2.05, 4.69) is 15.7 Å². The number of likely N-dealkylation sites (N-methyl/N-ethyl adjacent to an activating group) is 1. The number of hydrogen-bond donors (Lipinski definition) is 2. The van der Waals surface area contributed by atoms with E-state index >= 15 is 0 Å². The third kappa shape index (κ3) is 3.33. The number of carbonyl (C=O) groups excluding carboxylic acids is 1. The number of aromatic nitrogens is 2. The van der Waals surface area contributed by atoms with Crippen molar-refractivity contribution in [2.75, 3.05) is 18.4 Å². The van der Waals surface area contributed by atoms with Crippen LogP contribution in [0.3, 0.4) is 0 Å². The lowest BCUT2D eigenvalue weighted by molar-refractivity contribution is -0.115. The average Bonchev–Trinajstić information content (AvgIpc) is 2.90. The summed E-state index contributed by atoms with van der Waals surface area (Å²) in [6, 6.07) is 7.15. The van der Waals surface area contributed by atoms with Crippen molar-refractivity contribution >= 4 is 23.2 Å². The molecule has 0 saturated carbocycles. The summed E-state index contributed by atoms with van der Waals surface area (Å²) in [5, 5.41) is 10.5. The van der Waals surface area contributed by atoms with Crippen molar-refractivity contribution in [3.63, 3.8) is 0 Å². The van der Waals surface area contributed by atoms with Gasteiger partial charge in [-0.05, 0) is 24.7 Å². The largest absolute Gasteiger partial charge is 0.323 e. The second-order valence-electron chi connectivity index (χ2n) is 3.92. The van der Waals surface area contributed by atoms with Crippen molar-refractivity contribution in [1.82, 2.24) is 15.1 Å². The van der Waals surface area contributed by atoms with Gasteiger partial charge in [-0.25, -0.2) is 4.68 Å². The number of para-hydroxylation sites is 1. The van der Waals surface area contributed by atoms with Gasteiger partial charge in [-0.3, -0.25) is 4.79 Å². The van der Waals surface area contributed by atoms with Gasteiger partial charge in [0.1, 0.15) is 5.69 Å². The Morgan fingerprint density at radius 3 is 2.95 bits per heavy atom. The van der Waals surface area contributed by atoms with Gasteiger partial charge in [0.05, 0.1) is 17.3 Å². The van der Waals surface area contributed by atoms with E-state index in [4.69, 9.17) is 11.6 Å². The molecule has 19 heavy (non-hydrogen) atoms. The topological polar surface area (TPSA) is 59.0 Å². The Morgan fingerprint density at radius 1 is 1.42 bits per heavy atom. The van der Waals surface area contributed by atoms with Crippen LogP contribution in [0.5, 0.6) is 0 Å². The maximum Gasteiger partial charge on any atom is 0.238 e. The second-order valence-corrected chi connectivity index (χ2v) is 4.32. The monoisotopic (exact) mass is 278 g/mol. The number of amides is 1. The summed E-state index contributed by atoms with van der Waals surface area (Å²) in [4.78, 5) is 11.8. The van der Waals surface area contributed by atoms with Gasteiger partial charge in [0.15, 0.2) is 0 Å². The molecule has 1 aromatic carbocycles. The van der Waals surface area contributed by atoms with E-state index in [0.717, 1.165) is 6.54 Å². The molecule has 0 saturated heterocycles. The molecule has 0 fully saturated rings. The van der Waals surface area contributed by atoms with Gasteiger partial charge < -0.3 is 10.6 Å². The normalized spacial score (nSPS) is 10.4. The van der Waals surface area contributed by atoms with Crippen molar-refractivity contribution in [2.45, 2.75) is 6.92 Å². The van der Waals surface area contributed by atoms with Crippen molar-refractivity contribution in [2.24, 2.45) is 0 Å². The van der Waals surface area contributed by atoms with Crippen LogP contribution in [-0.4, -0.2) is 28.8 Å². The average molecular weight is 279 g/mol. The van der Waals surface area contributed by atoms with E-state index in [1.807, 2.05) is 6.92 Å². The summed E-state index contributed by atoms with van der Waals surface area (Å²) in [6.45, 7) is 2.96. The summed E-state index contributed by atoms with van der Waals surface area (Å²) >= 11 is 6.18. The Kier molecular flexibility index (Phi) is 4.54. The van der Waals surface area contributed by atoms with Crippen LogP contribution in [0.2, 0.25) is 5.02 Å². The van der Waals surface area contributed by atoms with Gasteiger partial charge in [0.25, 0.3) is 0 Å². The predicted octanol–water partition coefficient (Wildman–Crippen LogP) is 2.07. The Hall–Kier alpha value is -1.85. The molecule has 5 nitrogen and oxygen atoms in total. The Balaban J connectivity index is 2.26. The standard InChI is InChI=1S/C13H15ClN4O/c1-2-15-9-12(19)17-11-6-3-5-10(14)13(11)18-8-4-7-16-18/h3-8,15H,2,9H2,1H3,(H,17,19). The molecule has 1 amide bonds. The van der Waals surface area contributed by atoms with Crippen molar-refractivity contribution in [1.29, 1.82) is 0 Å². The number of benzene rings is 1. The first-order valence-corrected chi connectivity index (χ1v) is 6.39. The molecule has 0 atom stereocenters. The molecular weight excluding hydrogens is 264 g/mol. The molecule has 0 aliphatic rings. The third-order valence-electron chi connectivity index (χ3n) is 2.53. The fourth-order valence-electron chi connectivity index (χ4n) is 1.68. The fraction of sp³-hybridized carbons (Fsp3) is 0.231. The first-order chi connectivity index (χ1) is 9.22. The fourth-order valence-corrected chi connectivity index (χ4v) is 1.94. The molecule has 1 aromatic heterocycles. The van der Waals surface area contributed by atoms with Crippen LogP contribution < -0.4 is 10.6 Å².